The van der Waals surface area contributed by atoms with Gasteiger partial charge < -0.3 is 9.15 Å². The molecule has 102 valence electrons. The Bertz CT molecular complexity index is 878. The van der Waals surface area contributed by atoms with E-state index in [9.17, 15) is 9.59 Å². The SMILES string of the molecule is CCOC(=O)c1cc2c(ccc3sc(C)nc32)oc1=O. The van der Waals surface area contributed by atoms with Crippen molar-refractivity contribution in [3.8, 4) is 0 Å². The summed E-state index contributed by atoms with van der Waals surface area (Å²) in [5, 5.41) is 1.56. The number of hydrogen-bond acceptors (Lipinski definition) is 6. The lowest BCUT2D eigenvalue weighted by Gasteiger charge is -2.02. The monoisotopic (exact) mass is 289 g/mol. The van der Waals surface area contributed by atoms with Crippen LogP contribution in [0.15, 0.2) is 27.4 Å². The third-order valence-electron chi connectivity index (χ3n) is 2.87. The number of rotatable bonds is 2. The molecule has 0 radical (unpaired) electrons. The molecule has 2 heterocycles. The summed E-state index contributed by atoms with van der Waals surface area (Å²) in [6, 6.07) is 5.07. The van der Waals surface area contributed by atoms with Crippen LogP contribution >= 0.6 is 11.3 Å². The first kappa shape index (κ1) is 12.8. The van der Waals surface area contributed by atoms with Crippen LogP contribution in [0.25, 0.3) is 21.2 Å². The number of aromatic nitrogens is 1. The molecule has 1 aromatic carbocycles. The molecule has 0 saturated heterocycles. The molecule has 0 aliphatic carbocycles. The van der Waals surface area contributed by atoms with Crippen molar-refractivity contribution in [3.63, 3.8) is 0 Å². The molecule has 3 aromatic rings. The Hall–Kier alpha value is -2.21. The van der Waals surface area contributed by atoms with Crippen molar-refractivity contribution in [1.29, 1.82) is 0 Å². The molecule has 3 rings (SSSR count). The van der Waals surface area contributed by atoms with Gasteiger partial charge in [-0.25, -0.2) is 14.6 Å². The van der Waals surface area contributed by atoms with Gasteiger partial charge in [-0.3, -0.25) is 0 Å². The lowest BCUT2D eigenvalue weighted by Crippen LogP contribution is -2.16. The van der Waals surface area contributed by atoms with Crippen LogP contribution in [-0.4, -0.2) is 17.6 Å². The molecule has 0 N–H and O–H groups in total. The number of nitrogens with zero attached hydrogens (tertiary/aromatic N) is 1. The van der Waals surface area contributed by atoms with Gasteiger partial charge in [0.1, 0.15) is 11.1 Å². The predicted octanol–water partition coefficient (Wildman–Crippen LogP) is 2.89. The van der Waals surface area contributed by atoms with Gasteiger partial charge in [-0.2, -0.15) is 0 Å². The Morgan fingerprint density at radius 1 is 1.45 bits per heavy atom. The third-order valence-corrected chi connectivity index (χ3v) is 3.81. The predicted molar refractivity (Wildman–Crippen MR) is 76.4 cm³/mol. The second-order valence-corrected chi connectivity index (χ2v) is 5.46. The molecule has 6 heteroatoms. The van der Waals surface area contributed by atoms with E-state index in [-0.39, 0.29) is 12.2 Å². The van der Waals surface area contributed by atoms with Gasteiger partial charge in [-0.15, -0.1) is 11.3 Å². The quantitative estimate of drug-likeness (QED) is 0.536. The minimum Gasteiger partial charge on any atom is -0.462 e. The Morgan fingerprint density at radius 3 is 3.00 bits per heavy atom. The molecule has 5 nitrogen and oxygen atoms in total. The maximum absolute atomic E-state index is 11.8. The fourth-order valence-electron chi connectivity index (χ4n) is 2.04. The van der Waals surface area contributed by atoms with Gasteiger partial charge in [0.05, 0.1) is 21.8 Å². The van der Waals surface area contributed by atoms with Crippen LogP contribution in [0.3, 0.4) is 0 Å². The number of thiazole rings is 1. The van der Waals surface area contributed by atoms with Gasteiger partial charge in [0.25, 0.3) is 0 Å². The van der Waals surface area contributed by atoms with Gasteiger partial charge in [-0.05, 0) is 32.0 Å². The van der Waals surface area contributed by atoms with E-state index < -0.39 is 11.6 Å². The molecule has 20 heavy (non-hydrogen) atoms. The Balaban J connectivity index is 2.33. The lowest BCUT2D eigenvalue weighted by atomic mass is 10.1. The number of benzene rings is 1. The molecule has 0 fully saturated rings. The Morgan fingerprint density at radius 2 is 2.25 bits per heavy atom. The number of fused-ring (bicyclic) bond motifs is 3. The maximum atomic E-state index is 11.8. The largest absolute Gasteiger partial charge is 0.462 e. The normalized spacial score (nSPS) is 11.1. The van der Waals surface area contributed by atoms with Crippen molar-refractivity contribution in [2.75, 3.05) is 6.61 Å². The molecule has 0 aliphatic rings. The molecule has 0 spiro atoms. The standard InChI is InChI=1S/C14H11NO4S/c1-3-18-13(16)9-6-8-10(19-14(9)17)4-5-11-12(8)15-7(2)20-11/h4-6H,3H2,1-2H3. The molecular formula is C14H11NO4S. The summed E-state index contributed by atoms with van der Waals surface area (Å²) < 4.78 is 11.0. The smallest absolute Gasteiger partial charge is 0.351 e. The third kappa shape index (κ3) is 1.98. The van der Waals surface area contributed by atoms with E-state index in [4.69, 9.17) is 9.15 Å². The van der Waals surface area contributed by atoms with Gasteiger partial charge in [0, 0.05) is 5.39 Å². The first-order valence-corrected chi connectivity index (χ1v) is 6.93. The van der Waals surface area contributed by atoms with Crippen LogP contribution in [0.1, 0.15) is 22.3 Å². The number of ether oxygens (including phenoxy) is 1. The van der Waals surface area contributed by atoms with E-state index in [1.54, 1.807) is 24.3 Å². The summed E-state index contributed by atoms with van der Waals surface area (Å²) >= 11 is 1.55. The van der Waals surface area contributed by atoms with Crippen molar-refractivity contribution in [2.24, 2.45) is 0 Å². The van der Waals surface area contributed by atoms with E-state index in [2.05, 4.69) is 4.98 Å². The fourth-order valence-corrected chi connectivity index (χ4v) is 2.89. The van der Waals surface area contributed by atoms with Gasteiger partial charge in [-0.1, -0.05) is 0 Å². The summed E-state index contributed by atoms with van der Waals surface area (Å²) in [5.74, 6) is -0.674. The van der Waals surface area contributed by atoms with E-state index in [1.807, 2.05) is 13.0 Å². The van der Waals surface area contributed by atoms with Crippen LogP contribution in [-0.2, 0) is 4.74 Å². The fraction of sp³-hybridized carbons (Fsp3) is 0.214. The lowest BCUT2D eigenvalue weighted by molar-refractivity contribution is 0.0522. The minimum atomic E-state index is -0.692. The molecule has 0 bridgehead atoms. The van der Waals surface area contributed by atoms with Crippen LogP contribution in [0, 0.1) is 6.92 Å². The number of carbonyl (C=O) groups is 1. The average Bonchev–Trinajstić information content (AvgIpc) is 2.78. The van der Waals surface area contributed by atoms with Crippen molar-refractivity contribution in [2.45, 2.75) is 13.8 Å². The molecule has 2 aromatic heterocycles. The van der Waals surface area contributed by atoms with E-state index in [0.29, 0.717) is 11.0 Å². The molecule has 0 saturated carbocycles. The zero-order chi connectivity index (χ0) is 14.3. The van der Waals surface area contributed by atoms with Crippen LogP contribution < -0.4 is 5.63 Å². The summed E-state index contributed by atoms with van der Waals surface area (Å²) in [7, 11) is 0. The van der Waals surface area contributed by atoms with E-state index >= 15 is 0 Å². The highest BCUT2D eigenvalue weighted by atomic mass is 32.1. The van der Waals surface area contributed by atoms with E-state index in [1.165, 1.54) is 6.07 Å². The summed E-state index contributed by atoms with van der Waals surface area (Å²) in [6.45, 7) is 3.79. The highest BCUT2D eigenvalue weighted by molar-refractivity contribution is 7.18. The first-order chi connectivity index (χ1) is 9.60. The summed E-state index contributed by atoms with van der Waals surface area (Å²) in [6.07, 6.45) is 0. The molecule has 0 unspecified atom stereocenters. The van der Waals surface area contributed by atoms with Crippen LogP contribution in [0.5, 0.6) is 0 Å². The highest BCUT2D eigenvalue weighted by Gasteiger charge is 2.16. The van der Waals surface area contributed by atoms with Gasteiger partial charge in [0.15, 0.2) is 0 Å². The van der Waals surface area contributed by atoms with Crippen LogP contribution in [0.4, 0.5) is 0 Å². The summed E-state index contributed by atoms with van der Waals surface area (Å²) in [5.41, 5.74) is 0.361. The van der Waals surface area contributed by atoms with Crippen molar-refractivity contribution in [1.82, 2.24) is 4.98 Å². The van der Waals surface area contributed by atoms with Crippen molar-refractivity contribution >= 4 is 38.5 Å². The van der Waals surface area contributed by atoms with E-state index in [0.717, 1.165) is 15.2 Å². The molecule has 0 atom stereocenters. The number of esters is 1. The minimum absolute atomic E-state index is 0.0995. The average molecular weight is 289 g/mol. The second kappa shape index (κ2) is 4.72. The number of carbonyl (C=O) groups excluding carboxylic acids is 1. The Labute approximate surface area is 117 Å². The van der Waals surface area contributed by atoms with Crippen molar-refractivity contribution in [3.05, 3.63) is 39.2 Å². The Kier molecular flexibility index (Phi) is 3.02. The number of aryl methyl sites for hydroxylation is 1. The topological polar surface area (TPSA) is 69.4 Å². The highest BCUT2D eigenvalue weighted by Crippen LogP contribution is 2.28. The molecule has 0 aliphatic heterocycles. The second-order valence-electron chi connectivity index (χ2n) is 4.23. The van der Waals surface area contributed by atoms with Gasteiger partial charge >= 0.3 is 11.6 Å². The molecular weight excluding hydrogens is 278 g/mol. The molecule has 0 amide bonds. The van der Waals surface area contributed by atoms with Crippen LogP contribution in [0.2, 0.25) is 0 Å². The summed E-state index contributed by atoms with van der Waals surface area (Å²) in [4.78, 5) is 28.0. The van der Waals surface area contributed by atoms with Gasteiger partial charge in [0.2, 0.25) is 0 Å². The van der Waals surface area contributed by atoms with Crippen molar-refractivity contribution < 1.29 is 13.9 Å². The first-order valence-electron chi connectivity index (χ1n) is 6.11. The maximum Gasteiger partial charge on any atom is 0.351 e. The zero-order valence-corrected chi connectivity index (χ0v) is 11.7. The zero-order valence-electron chi connectivity index (χ0n) is 10.9. The number of hydrogen-bond donors (Lipinski definition) is 0.